The number of nitrogens with two attached hydrogens (primary N) is 1. The number of rotatable bonds is 2. The molecule has 2 saturated heterocycles. The molecule has 2 unspecified atom stereocenters. The van der Waals surface area contributed by atoms with Crippen molar-refractivity contribution in [3.63, 3.8) is 0 Å². The lowest BCUT2D eigenvalue weighted by Gasteiger charge is -2.42. The van der Waals surface area contributed by atoms with E-state index in [0.717, 1.165) is 5.56 Å². The van der Waals surface area contributed by atoms with Gasteiger partial charge in [0.05, 0.1) is 18.2 Å². The minimum absolute atomic E-state index is 0.00588. The fraction of sp³-hybridized carbons (Fsp3) is 0.588. The van der Waals surface area contributed by atoms with Gasteiger partial charge in [0, 0.05) is 19.8 Å². The van der Waals surface area contributed by atoms with E-state index < -0.39 is 5.54 Å². The van der Waals surface area contributed by atoms with Crippen LogP contribution in [-0.4, -0.2) is 48.8 Å². The maximum atomic E-state index is 12.9. The summed E-state index contributed by atoms with van der Waals surface area (Å²) in [5, 5.41) is 0. The van der Waals surface area contributed by atoms with E-state index in [2.05, 4.69) is 0 Å². The van der Waals surface area contributed by atoms with Crippen LogP contribution in [0.25, 0.3) is 0 Å². The number of hydrogen-bond donors (Lipinski definition) is 1. The first-order chi connectivity index (χ1) is 10.6. The lowest BCUT2D eigenvalue weighted by Crippen LogP contribution is -2.60. The van der Waals surface area contributed by atoms with E-state index in [4.69, 9.17) is 15.2 Å². The summed E-state index contributed by atoms with van der Waals surface area (Å²) in [4.78, 5) is 14.8. The molecule has 2 heterocycles. The molecule has 2 fully saturated rings. The number of hydrogen-bond acceptors (Lipinski definition) is 4. The lowest BCUT2D eigenvalue weighted by atomic mass is 9.89. The Kier molecular flexibility index (Phi) is 4.47. The molecule has 0 aliphatic carbocycles. The van der Waals surface area contributed by atoms with Crippen molar-refractivity contribution >= 4 is 5.91 Å². The first-order valence-corrected chi connectivity index (χ1v) is 7.95. The molecule has 2 atom stereocenters. The highest BCUT2D eigenvalue weighted by atomic mass is 16.5. The normalized spacial score (nSPS) is 28.4. The Morgan fingerprint density at radius 2 is 1.91 bits per heavy atom. The summed E-state index contributed by atoms with van der Waals surface area (Å²) >= 11 is 0. The number of ether oxygens (including phenoxy) is 2. The second kappa shape index (κ2) is 6.36. The topological polar surface area (TPSA) is 64.8 Å². The number of carbonyl (C=O) groups is 1. The Morgan fingerprint density at radius 3 is 2.59 bits per heavy atom. The molecule has 0 radical (unpaired) electrons. The third kappa shape index (κ3) is 3.16. The first kappa shape index (κ1) is 15.5. The maximum absolute atomic E-state index is 12.9. The van der Waals surface area contributed by atoms with Crippen molar-refractivity contribution < 1.29 is 14.3 Å². The van der Waals surface area contributed by atoms with Gasteiger partial charge in [-0.3, -0.25) is 4.79 Å². The van der Waals surface area contributed by atoms with Gasteiger partial charge in [0.15, 0.2) is 0 Å². The average molecular weight is 304 g/mol. The van der Waals surface area contributed by atoms with E-state index in [9.17, 15) is 4.79 Å². The van der Waals surface area contributed by atoms with E-state index in [1.807, 2.05) is 42.2 Å². The minimum Gasteiger partial charge on any atom is -0.381 e. The third-order valence-electron chi connectivity index (χ3n) is 4.53. The lowest BCUT2D eigenvalue weighted by molar-refractivity contribution is -0.153. The van der Waals surface area contributed by atoms with E-state index in [-0.39, 0.29) is 18.1 Å². The van der Waals surface area contributed by atoms with E-state index in [0.29, 0.717) is 39.1 Å². The SMILES string of the molecule is CC1CN(C(=O)C2(N)CCOCC2)CC(c2ccccc2)O1. The van der Waals surface area contributed by atoms with E-state index >= 15 is 0 Å². The van der Waals surface area contributed by atoms with Crippen LogP contribution in [0.4, 0.5) is 0 Å². The number of benzene rings is 1. The van der Waals surface area contributed by atoms with Gasteiger partial charge in [0.2, 0.25) is 5.91 Å². The highest BCUT2D eigenvalue weighted by molar-refractivity contribution is 5.86. The molecule has 1 amide bonds. The van der Waals surface area contributed by atoms with E-state index in [1.54, 1.807) is 0 Å². The zero-order valence-electron chi connectivity index (χ0n) is 13.0. The van der Waals surface area contributed by atoms with Crippen LogP contribution in [0.3, 0.4) is 0 Å². The summed E-state index contributed by atoms with van der Waals surface area (Å²) in [6.45, 7) is 4.28. The molecule has 0 saturated carbocycles. The van der Waals surface area contributed by atoms with Crippen LogP contribution >= 0.6 is 0 Å². The molecule has 120 valence electrons. The molecule has 1 aromatic rings. The van der Waals surface area contributed by atoms with Crippen molar-refractivity contribution in [2.24, 2.45) is 5.73 Å². The summed E-state index contributed by atoms with van der Waals surface area (Å²) in [6.07, 6.45) is 1.10. The van der Waals surface area contributed by atoms with Crippen LogP contribution in [0.2, 0.25) is 0 Å². The molecule has 2 N–H and O–H groups in total. The first-order valence-electron chi connectivity index (χ1n) is 7.95. The van der Waals surface area contributed by atoms with Gasteiger partial charge in [-0.1, -0.05) is 30.3 Å². The van der Waals surface area contributed by atoms with Crippen molar-refractivity contribution in [1.82, 2.24) is 4.90 Å². The fourth-order valence-electron chi connectivity index (χ4n) is 3.23. The van der Waals surface area contributed by atoms with Gasteiger partial charge in [-0.15, -0.1) is 0 Å². The van der Waals surface area contributed by atoms with Crippen molar-refractivity contribution in [1.29, 1.82) is 0 Å². The molecule has 1 aromatic carbocycles. The smallest absolute Gasteiger partial charge is 0.243 e. The standard InChI is InChI=1S/C17H24N2O3/c1-13-11-19(16(20)17(18)7-9-21-10-8-17)12-15(22-13)14-5-3-2-4-6-14/h2-6,13,15H,7-12,18H2,1H3. The van der Waals surface area contributed by atoms with Crippen molar-refractivity contribution in [2.45, 2.75) is 37.5 Å². The quantitative estimate of drug-likeness (QED) is 0.899. The number of amides is 1. The van der Waals surface area contributed by atoms with Gasteiger partial charge in [0.1, 0.15) is 6.10 Å². The Labute approximate surface area is 131 Å². The van der Waals surface area contributed by atoms with Crippen LogP contribution < -0.4 is 5.73 Å². The van der Waals surface area contributed by atoms with Crippen LogP contribution in [0.5, 0.6) is 0 Å². The van der Waals surface area contributed by atoms with Gasteiger partial charge < -0.3 is 20.1 Å². The summed E-state index contributed by atoms with van der Waals surface area (Å²) in [6, 6.07) is 10.0. The molecular weight excluding hydrogens is 280 g/mol. The molecule has 0 bridgehead atoms. The highest BCUT2D eigenvalue weighted by Crippen LogP contribution is 2.28. The number of nitrogens with zero attached hydrogens (tertiary/aromatic N) is 1. The Balaban J connectivity index is 1.74. The predicted molar refractivity (Wildman–Crippen MR) is 83.3 cm³/mol. The monoisotopic (exact) mass is 304 g/mol. The van der Waals surface area contributed by atoms with Gasteiger partial charge in [-0.25, -0.2) is 0 Å². The number of morpholine rings is 1. The predicted octanol–water partition coefficient (Wildman–Crippen LogP) is 1.48. The third-order valence-corrected chi connectivity index (χ3v) is 4.53. The summed E-state index contributed by atoms with van der Waals surface area (Å²) in [5.41, 5.74) is 6.67. The van der Waals surface area contributed by atoms with Crippen LogP contribution in [0.1, 0.15) is 31.4 Å². The molecule has 22 heavy (non-hydrogen) atoms. The van der Waals surface area contributed by atoms with Gasteiger partial charge in [-0.2, -0.15) is 0 Å². The van der Waals surface area contributed by atoms with E-state index in [1.165, 1.54) is 0 Å². The zero-order valence-corrected chi connectivity index (χ0v) is 13.0. The number of carbonyl (C=O) groups excluding carboxylic acids is 1. The van der Waals surface area contributed by atoms with Crippen LogP contribution in [-0.2, 0) is 14.3 Å². The second-order valence-electron chi connectivity index (χ2n) is 6.32. The molecular formula is C17H24N2O3. The Morgan fingerprint density at radius 1 is 1.23 bits per heavy atom. The molecule has 2 aliphatic rings. The minimum atomic E-state index is -0.781. The molecule has 5 nitrogen and oxygen atoms in total. The fourth-order valence-corrected chi connectivity index (χ4v) is 3.23. The summed E-state index contributed by atoms with van der Waals surface area (Å²) in [7, 11) is 0. The zero-order chi connectivity index (χ0) is 15.6. The summed E-state index contributed by atoms with van der Waals surface area (Å²) in [5.74, 6) is 0.0341. The molecule has 2 aliphatic heterocycles. The Bertz CT molecular complexity index is 514. The van der Waals surface area contributed by atoms with Crippen molar-refractivity contribution in [3.8, 4) is 0 Å². The van der Waals surface area contributed by atoms with Gasteiger partial charge >= 0.3 is 0 Å². The van der Waals surface area contributed by atoms with Gasteiger partial charge in [-0.05, 0) is 25.3 Å². The Hall–Kier alpha value is -1.43. The largest absolute Gasteiger partial charge is 0.381 e. The highest BCUT2D eigenvalue weighted by Gasteiger charge is 2.41. The summed E-state index contributed by atoms with van der Waals surface area (Å²) < 4.78 is 11.4. The second-order valence-corrected chi connectivity index (χ2v) is 6.32. The maximum Gasteiger partial charge on any atom is 0.243 e. The van der Waals surface area contributed by atoms with Crippen LogP contribution in [0.15, 0.2) is 30.3 Å². The van der Waals surface area contributed by atoms with Crippen molar-refractivity contribution in [2.75, 3.05) is 26.3 Å². The molecule has 5 heteroatoms. The van der Waals surface area contributed by atoms with Gasteiger partial charge in [0.25, 0.3) is 0 Å². The van der Waals surface area contributed by atoms with Crippen LogP contribution in [0, 0.1) is 0 Å². The molecule has 0 aromatic heterocycles. The average Bonchev–Trinajstić information content (AvgIpc) is 2.55. The molecule has 0 spiro atoms. The van der Waals surface area contributed by atoms with Crippen molar-refractivity contribution in [3.05, 3.63) is 35.9 Å². The molecule has 3 rings (SSSR count).